The number of hydrogen-bond acceptors (Lipinski definition) is 4. The predicted octanol–water partition coefficient (Wildman–Crippen LogP) is 6.94. The summed E-state index contributed by atoms with van der Waals surface area (Å²) in [6.45, 7) is 2.62. The lowest BCUT2D eigenvalue weighted by Gasteiger charge is -2.23. The van der Waals surface area contributed by atoms with Crippen LogP contribution in [0, 0.1) is 0 Å². The van der Waals surface area contributed by atoms with Crippen molar-refractivity contribution in [3.8, 4) is 16.9 Å². The molecule has 2 N–H and O–H groups in total. The van der Waals surface area contributed by atoms with Gasteiger partial charge in [-0.3, -0.25) is 4.90 Å². The van der Waals surface area contributed by atoms with Crippen LogP contribution in [0.2, 0.25) is 0 Å². The number of benzene rings is 4. The van der Waals surface area contributed by atoms with Gasteiger partial charge in [-0.2, -0.15) is 13.2 Å². The molecule has 0 amide bonds. The Bertz CT molecular complexity index is 1410. The average Bonchev–Trinajstić information content (AvgIpc) is 2.97. The maximum absolute atomic E-state index is 11.3. The number of nitrogens with zero attached hydrogens (tertiary/aromatic N) is 1. The number of hydrogen-bond donors (Lipinski definition) is 2. The summed E-state index contributed by atoms with van der Waals surface area (Å²) in [5, 5.41) is 16.4. The summed E-state index contributed by atoms with van der Waals surface area (Å²) in [7, 11) is 1.68. The van der Waals surface area contributed by atoms with Crippen molar-refractivity contribution in [3.63, 3.8) is 0 Å². The first-order valence-corrected chi connectivity index (χ1v) is 12.7. The maximum Gasteiger partial charge on any atom is 0.490 e. The van der Waals surface area contributed by atoms with Crippen LogP contribution in [0.1, 0.15) is 27.0 Å². The van der Waals surface area contributed by atoms with Crippen LogP contribution >= 0.6 is 0 Å². The molecule has 0 saturated carbocycles. The third-order valence-corrected chi connectivity index (χ3v) is 6.17. The molecule has 0 saturated heterocycles. The van der Waals surface area contributed by atoms with E-state index in [-0.39, 0.29) is 0 Å². The van der Waals surface area contributed by atoms with Crippen LogP contribution in [0.3, 0.4) is 0 Å². The highest BCUT2D eigenvalue weighted by Gasteiger charge is 2.38. The van der Waals surface area contributed by atoms with E-state index in [0.29, 0.717) is 5.56 Å². The van der Waals surface area contributed by atoms with E-state index in [4.69, 9.17) is 14.6 Å². The molecular formula is C32H30F3NO5. The van der Waals surface area contributed by atoms with Gasteiger partial charge in [0.15, 0.2) is 0 Å². The minimum Gasteiger partial charge on any atom is -0.497 e. The average molecular weight is 566 g/mol. The second-order valence-corrected chi connectivity index (χ2v) is 9.18. The van der Waals surface area contributed by atoms with Gasteiger partial charge in [0.25, 0.3) is 0 Å². The second kappa shape index (κ2) is 14.7. The zero-order chi connectivity index (χ0) is 29.8. The van der Waals surface area contributed by atoms with E-state index in [0.717, 1.165) is 42.9 Å². The van der Waals surface area contributed by atoms with Crippen LogP contribution in [0.5, 0.6) is 5.75 Å². The highest BCUT2D eigenvalue weighted by atomic mass is 19.4. The summed E-state index contributed by atoms with van der Waals surface area (Å²) < 4.78 is 37.0. The smallest absolute Gasteiger partial charge is 0.490 e. The van der Waals surface area contributed by atoms with E-state index in [1.54, 1.807) is 25.3 Å². The van der Waals surface area contributed by atoms with Gasteiger partial charge < -0.3 is 14.9 Å². The Labute approximate surface area is 236 Å². The highest BCUT2D eigenvalue weighted by molar-refractivity contribution is 5.89. The zero-order valence-electron chi connectivity index (χ0n) is 22.3. The standard InChI is InChI=1S/C30H29NO3.C2HF3O2/c1-34-29-16-12-25(13-17-29)22-31(19-18-23-6-3-2-4-7-23)21-24-10-14-26(15-11-24)27-8-5-9-28(20-27)30(32)33;3-2(4,5)1(6)7/h2-17,20H,18-19,21-22H2,1H3,(H,32,33);(H,6,7). The molecule has 41 heavy (non-hydrogen) atoms. The quantitative estimate of drug-likeness (QED) is 0.217. The van der Waals surface area contributed by atoms with Crippen LogP contribution in [-0.4, -0.2) is 46.9 Å². The van der Waals surface area contributed by atoms with E-state index in [1.807, 2.05) is 24.3 Å². The van der Waals surface area contributed by atoms with Gasteiger partial charge in [0, 0.05) is 19.6 Å². The molecule has 0 aliphatic rings. The van der Waals surface area contributed by atoms with Crippen LogP contribution in [-0.2, 0) is 24.3 Å². The summed E-state index contributed by atoms with van der Waals surface area (Å²) in [6, 6.07) is 34.3. The first-order valence-electron chi connectivity index (χ1n) is 12.7. The monoisotopic (exact) mass is 565 g/mol. The topological polar surface area (TPSA) is 87.1 Å². The van der Waals surface area contributed by atoms with Gasteiger partial charge >= 0.3 is 18.1 Å². The SMILES string of the molecule is COc1ccc(CN(CCc2ccccc2)Cc2ccc(-c3cccc(C(=O)O)c3)cc2)cc1.O=C(O)C(F)(F)F. The Hall–Kier alpha value is -4.63. The fraction of sp³-hybridized carbons (Fsp3) is 0.188. The van der Waals surface area contributed by atoms with Crippen LogP contribution in [0.25, 0.3) is 11.1 Å². The lowest BCUT2D eigenvalue weighted by atomic mass is 10.0. The molecule has 0 spiro atoms. The number of halogens is 3. The van der Waals surface area contributed by atoms with Gasteiger partial charge in [0.1, 0.15) is 5.75 Å². The molecular weight excluding hydrogens is 535 g/mol. The largest absolute Gasteiger partial charge is 0.497 e. The minimum atomic E-state index is -5.08. The van der Waals surface area contributed by atoms with Gasteiger partial charge in [-0.1, -0.05) is 78.9 Å². The number of methoxy groups -OCH3 is 1. The van der Waals surface area contributed by atoms with Crippen molar-refractivity contribution in [3.05, 3.63) is 125 Å². The van der Waals surface area contributed by atoms with Crippen molar-refractivity contribution in [1.29, 1.82) is 0 Å². The molecule has 4 aromatic rings. The summed E-state index contributed by atoms with van der Waals surface area (Å²) in [5.41, 5.74) is 6.02. The lowest BCUT2D eigenvalue weighted by molar-refractivity contribution is -0.192. The Morgan fingerprint density at radius 3 is 1.80 bits per heavy atom. The molecule has 9 heteroatoms. The predicted molar refractivity (Wildman–Crippen MR) is 150 cm³/mol. The maximum atomic E-state index is 11.3. The fourth-order valence-corrected chi connectivity index (χ4v) is 4.03. The molecule has 0 fully saturated rings. The number of aromatic carboxylic acids is 1. The minimum absolute atomic E-state index is 0.299. The number of carboxylic acid groups (broad SMARTS) is 2. The molecule has 6 nitrogen and oxygen atoms in total. The number of rotatable bonds is 10. The third-order valence-electron chi connectivity index (χ3n) is 6.17. The molecule has 0 aromatic heterocycles. The second-order valence-electron chi connectivity index (χ2n) is 9.18. The molecule has 0 bridgehead atoms. The molecule has 0 radical (unpaired) electrons. The Kier molecular flexibility index (Phi) is 11.1. The van der Waals surface area contributed by atoms with Crippen molar-refractivity contribution in [2.24, 2.45) is 0 Å². The van der Waals surface area contributed by atoms with Gasteiger partial charge in [-0.25, -0.2) is 9.59 Å². The first kappa shape index (κ1) is 30.9. The van der Waals surface area contributed by atoms with E-state index >= 15 is 0 Å². The van der Waals surface area contributed by atoms with Gasteiger partial charge in [-0.05, 0) is 58.5 Å². The van der Waals surface area contributed by atoms with Gasteiger partial charge in [0.05, 0.1) is 12.7 Å². The van der Waals surface area contributed by atoms with E-state index in [9.17, 15) is 23.1 Å². The summed E-state index contributed by atoms with van der Waals surface area (Å²) >= 11 is 0. The van der Waals surface area contributed by atoms with E-state index < -0.39 is 18.1 Å². The van der Waals surface area contributed by atoms with Crippen molar-refractivity contribution < 1.29 is 37.7 Å². The number of carbonyl (C=O) groups is 2. The Balaban J connectivity index is 0.000000587. The molecule has 0 aliphatic heterocycles. The van der Waals surface area contributed by atoms with E-state index in [2.05, 4.69) is 65.6 Å². The van der Waals surface area contributed by atoms with Crippen LogP contribution in [0.15, 0.2) is 103 Å². The van der Waals surface area contributed by atoms with E-state index in [1.165, 1.54) is 16.7 Å². The third kappa shape index (κ3) is 10.1. The molecule has 0 atom stereocenters. The summed E-state index contributed by atoms with van der Waals surface area (Å²) in [6.07, 6.45) is -4.10. The van der Waals surface area contributed by atoms with Crippen molar-refractivity contribution in [1.82, 2.24) is 4.90 Å². The van der Waals surface area contributed by atoms with Crippen molar-refractivity contribution >= 4 is 11.9 Å². The zero-order valence-corrected chi connectivity index (χ0v) is 22.3. The fourth-order valence-electron chi connectivity index (χ4n) is 4.03. The molecule has 4 aromatic carbocycles. The number of aliphatic carboxylic acids is 1. The Morgan fingerprint density at radius 1 is 0.732 bits per heavy atom. The van der Waals surface area contributed by atoms with Crippen LogP contribution < -0.4 is 4.74 Å². The van der Waals surface area contributed by atoms with Crippen LogP contribution in [0.4, 0.5) is 13.2 Å². The van der Waals surface area contributed by atoms with Gasteiger partial charge in [0.2, 0.25) is 0 Å². The highest BCUT2D eigenvalue weighted by Crippen LogP contribution is 2.22. The molecule has 0 aliphatic carbocycles. The van der Waals surface area contributed by atoms with Crippen molar-refractivity contribution in [2.75, 3.05) is 13.7 Å². The number of carboxylic acids is 2. The lowest BCUT2D eigenvalue weighted by Crippen LogP contribution is -2.25. The Morgan fingerprint density at radius 2 is 1.29 bits per heavy atom. The summed E-state index contributed by atoms with van der Waals surface area (Å²) in [4.78, 5) is 22.6. The molecule has 0 heterocycles. The number of ether oxygens (including phenoxy) is 1. The number of alkyl halides is 3. The van der Waals surface area contributed by atoms with Crippen molar-refractivity contribution in [2.45, 2.75) is 25.7 Å². The normalized spacial score (nSPS) is 11.0. The first-order chi connectivity index (χ1) is 19.5. The summed E-state index contributed by atoms with van der Waals surface area (Å²) in [5.74, 6) is -2.80. The van der Waals surface area contributed by atoms with Gasteiger partial charge in [-0.15, -0.1) is 0 Å². The molecule has 0 unspecified atom stereocenters. The molecule has 214 valence electrons. The molecule has 4 rings (SSSR count).